The molecular weight excluding hydrogens is 290 g/mol. The third-order valence-corrected chi connectivity index (χ3v) is 4.83. The minimum Gasteiger partial charge on any atom is -0.355 e. The van der Waals surface area contributed by atoms with Crippen molar-refractivity contribution in [1.82, 2.24) is 5.32 Å². The van der Waals surface area contributed by atoms with Crippen molar-refractivity contribution >= 4 is 17.7 Å². The SMILES string of the molecule is Cc1ccc(C)c(SCC(=O)NCC(C)c2ccccc2)c1. The number of hydrogen-bond acceptors (Lipinski definition) is 2. The van der Waals surface area contributed by atoms with Crippen molar-refractivity contribution in [1.29, 1.82) is 0 Å². The Labute approximate surface area is 137 Å². The maximum absolute atomic E-state index is 12.0. The van der Waals surface area contributed by atoms with E-state index in [1.54, 1.807) is 11.8 Å². The number of carbonyl (C=O) groups excluding carboxylic acids is 1. The van der Waals surface area contributed by atoms with E-state index in [4.69, 9.17) is 0 Å². The number of hydrogen-bond donors (Lipinski definition) is 1. The molecule has 1 atom stereocenters. The minimum absolute atomic E-state index is 0.0914. The summed E-state index contributed by atoms with van der Waals surface area (Å²) in [4.78, 5) is 13.2. The summed E-state index contributed by atoms with van der Waals surface area (Å²) in [6.45, 7) is 6.96. The van der Waals surface area contributed by atoms with Crippen molar-refractivity contribution in [3.05, 3.63) is 65.2 Å². The maximum Gasteiger partial charge on any atom is 0.230 e. The minimum atomic E-state index is 0.0914. The molecule has 2 aromatic carbocycles. The Hall–Kier alpha value is -1.74. The van der Waals surface area contributed by atoms with Crippen LogP contribution in [0.3, 0.4) is 0 Å². The Balaban J connectivity index is 1.80. The molecule has 2 rings (SSSR count). The van der Waals surface area contributed by atoms with Crippen LogP contribution < -0.4 is 5.32 Å². The second-order valence-corrected chi connectivity index (χ2v) is 6.69. The van der Waals surface area contributed by atoms with Crippen molar-refractivity contribution in [2.75, 3.05) is 12.3 Å². The molecule has 0 saturated heterocycles. The highest BCUT2D eigenvalue weighted by atomic mass is 32.2. The second-order valence-electron chi connectivity index (χ2n) is 5.67. The molecule has 0 radical (unpaired) electrons. The number of aryl methyl sites for hydroxylation is 2. The second kappa shape index (κ2) is 8.04. The molecular formula is C19H23NOS. The fraction of sp³-hybridized carbons (Fsp3) is 0.316. The van der Waals surface area contributed by atoms with E-state index in [0.717, 1.165) is 0 Å². The Bertz CT molecular complexity index is 625. The van der Waals surface area contributed by atoms with Gasteiger partial charge in [0.1, 0.15) is 0 Å². The molecule has 0 heterocycles. The fourth-order valence-corrected chi connectivity index (χ4v) is 3.18. The number of carbonyl (C=O) groups is 1. The summed E-state index contributed by atoms with van der Waals surface area (Å²) in [7, 11) is 0. The average molecular weight is 313 g/mol. The van der Waals surface area contributed by atoms with Gasteiger partial charge in [0.25, 0.3) is 0 Å². The molecule has 0 bridgehead atoms. The Kier molecular flexibility index (Phi) is 6.08. The van der Waals surface area contributed by atoms with Gasteiger partial charge in [0.05, 0.1) is 5.75 Å². The van der Waals surface area contributed by atoms with Crippen molar-refractivity contribution in [2.24, 2.45) is 0 Å². The summed E-state index contributed by atoms with van der Waals surface area (Å²) in [5.74, 6) is 0.885. The molecule has 0 aliphatic carbocycles. The monoisotopic (exact) mass is 313 g/mol. The lowest BCUT2D eigenvalue weighted by molar-refractivity contribution is -0.118. The molecule has 0 fully saturated rings. The van der Waals surface area contributed by atoms with Crippen LogP contribution in [0.5, 0.6) is 0 Å². The lowest BCUT2D eigenvalue weighted by atomic mass is 10.0. The van der Waals surface area contributed by atoms with Gasteiger partial charge >= 0.3 is 0 Å². The summed E-state index contributed by atoms with van der Waals surface area (Å²) in [5, 5.41) is 3.03. The first-order valence-electron chi connectivity index (χ1n) is 7.58. The van der Waals surface area contributed by atoms with Gasteiger partial charge in [-0.2, -0.15) is 0 Å². The zero-order valence-corrected chi connectivity index (χ0v) is 14.2. The fourth-order valence-electron chi connectivity index (χ4n) is 2.22. The van der Waals surface area contributed by atoms with Crippen LogP contribution in [-0.4, -0.2) is 18.2 Å². The van der Waals surface area contributed by atoms with Crippen molar-refractivity contribution in [3.8, 4) is 0 Å². The highest BCUT2D eigenvalue weighted by Crippen LogP contribution is 2.23. The number of thioether (sulfide) groups is 1. The first-order valence-corrected chi connectivity index (χ1v) is 8.56. The first-order chi connectivity index (χ1) is 10.6. The van der Waals surface area contributed by atoms with Gasteiger partial charge < -0.3 is 5.32 Å². The molecule has 0 aromatic heterocycles. The van der Waals surface area contributed by atoms with Gasteiger partial charge in [0.15, 0.2) is 0 Å². The van der Waals surface area contributed by atoms with Crippen molar-refractivity contribution in [3.63, 3.8) is 0 Å². The normalized spacial score (nSPS) is 12.0. The molecule has 0 aliphatic rings. The zero-order chi connectivity index (χ0) is 15.9. The predicted molar refractivity (Wildman–Crippen MR) is 94.5 cm³/mol. The van der Waals surface area contributed by atoms with Crippen LogP contribution in [0.4, 0.5) is 0 Å². The highest BCUT2D eigenvalue weighted by Gasteiger charge is 2.08. The van der Waals surface area contributed by atoms with E-state index < -0.39 is 0 Å². The summed E-state index contributed by atoms with van der Waals surface area (Å²) in [6, 6.07) is 16.6. The molecule has 1 unspecified atom stereocenters. The topological polar surface area (TPSA) is 29.1 Å². The van der Waals surface area contributed by atoms with Crippen LogP contribution in [0.2, 0.25) is 0 Å². The van der Waals surface area contributed by atoms with Gasteiger partial charge in [0.2, 0.25) is 5.91 Å². The molecule has 22 heavy (non-hydrogen) atoms. The first kappa shape index (κ1) is 16.6. The smallest absolute Gasteiger partial charge is 0.230 e. The molecule has 2 nitrogen and oxygen atoms in total. The highest BCUT2D eigenvalue weighted by molar-refractivity contribution is 8.00. The molecule has 0 spiro atoms. The molecule has 3 heteroatoms. The summed E-state index contributed by atoms with van der Waals surface area (Å²) in [5.41, 5.74) is 3.71. The molecule has 0 aliphatic heterocycles. The maximum atomic E-state index is 12.0. The van der Waals surface area contributed by atoms with Gasteiger partial charge in [0, 0.05) is 11.4 Å². The van der Waals surface area contributed by atoms with Gasteiger partial charge in [-0.15, -0.1) is 11.8 Å². The van der Waals surface area contributed by atoms with E-state index in [0.29, 0.717) is 18.2 Å². The van der Waals surface area contributed by atoms with Crippen LogP contribution in [0.25, 0.3) is 0 Å². The van der Waals surface area contributed by atoms with Gasteiger partial charge in [-0.1, -0.05) is 55.0 Å². The summed E-state index contributed by atoms with van der Waals surface area (Å²) >= 11 is 1.60. The van der Waals surface area contributed by atoms with Gasteiger partial charge in [-0.25, -0.2) is 0 Å². The van der Waals surface area contributed by atoms with Crippen molar-refractivity contribution < 1.29 is 4.79 Å². The Morgan fingerprint density at radius 1 is 1.14 bits per heavy atom. The summed E-state index contributed by atoms with van der Waals surface area (Å²) in [6.07, 6.45) is 0. The standard InChI is InChI=1S/C19H23NOS/c1-14-9-10-15(2)18(11-14)22-13-19(21)20-12-16(3)17-7-5-4-6-8-17/h4-11,16H,12-13H2,1-3H3,(H,20,21). The molecule has 1 amide bonds. The van der Waals surface area contributed by atoms with Crippen molar-refractivity contribution in [2.45, 2.75) is 31.6 Å². The van der Waals surface area contributed by atoms with Crippen LogP contribution in [-0.2, 0) is 4.79 Å². The zero-order valence-electron chi connectivity index (χ0n) is 13.4. The molecule has 0 saturated carbocycles. The number of rotatable bonds is 6. The van der Waals surface area contributed by atoms with E-state index in [2.05, 4.69) is 56.4 Å². The largest absolute Gasteiger partial charge is 0.355 e. The van der Waals surface area contributed by atoms with E-state index in [1.165, 1.54) is 21.6 Å². The van der Waals surface area contributed by atoms with E-state index in [1.807, 2.05) is 18.2 Å². The quantitative estimate of drug-likeness (QED) is 0.805. The van der Waals surface area contributed by atoms with Crippen LogP contribution in [0, 0.1) is 13.8 Å². The van der Waals surface area contributed by atoms with E-state index >= 15 is 0 Å². The Morgan fingerprint density at radius 3 is 2.59 bits per heavy atom. The molecule has 2 aromatic rings. The molecule has 1 N–H and O–H groups in total. The van der Waals surface area contributed by atoms with Gasteiger partial charge in [-0.05, 0) is 37.0 Å². The van der Waals surface area contributed by atoms with Gasteiger partial charge in [-0.3, -0.25) is 4.79 Å². The third-order valence-electron chi connectivity index (χ3n) is 3.68. The Morgan fingerprint density at radius 2 is 1.86 bits per heavy atom. The molecule has 116 valence electrons. The lowest BCUT2D eigenvalue weighted by Gasteiger charge is -2.13. The van der Waals surface area contributed by atoms with Crippen LogP contribution >= 0.6 is 11.8 Å². The van der Waals surface area contributed by atoms with E-state index in [9.17, 15) is 4.79 Å². The number of amides is 1. The van der Waals surface area contributed by atoms with Crippen LogP contribution in [0.15, 0.2) is 53.4 Å². The third kappa shape index (κ3) is 4.92. The van der Waals surface area contributed by atoms with Crippen LogP contribution in [0.1, 0.15) is 29.5 Å². The van der Waals surface area contributed by atoms with E-state index in [-0.39, 0.29) is 5.91 Å². The average Bonchev–Trinajstić information content (AvgIpc) is 2.54. The predicted octanol–water partition coefficient (Wildman–Crippen LogP) is 4.32. The number of nitrogens with one attached hydrogen (secondary N) is 1. The lowest BCUT2D eigenvalue weighted by Crippen LogP contribution is -2.28. The summed E-state index contributed by atoms with van der Waals surface area (Å²) < 4.78 is 0. The number of benzene rings is 2.